The van der Waals surface area contributed by atoms with Gasteiger partial charge in [-0.25, -0.2) is 0 Å². The van der Waals surface area contributed by atoms with E-state index in [0.29, 0.717) is 16.3 Å². The first-order chi connectivity index (χ1) is 7.06. The van der Waals surface area contributed by atoms with Gasteiger partial charge < -0.3 is 5.32 Å². The summed E-state index contributed by atoms with van der Waals surface area (Å²) in [5.74, 6) is -0.277. The van der Waals surface area contributed by atoms with E-state index in [-0.39, 0.29) is 11.7 Å². The molecule has 3 nitrogen and oxygen atoms in total. The fourth-order valence-corrected chi connectivity index (χ4v) is 2.15. The number of rotatable bonds is 4. The third-order valence-corrected chi connectivity index (χ3v) is 3.34. The first-order valence-electron chi connectivity index (χ1n) is 4.62. The number of nitrogens with one attached hydrogen (secondary N) is 1. The molecule has 1 aromatic heterocycles. The van der Waals surface area contributed by atoms with Crippen LogP contribution in [0.3, 0.4) is 0 Å². The molecule has 0 aliphatic heterocycles. The summed E-state index contributed by atoms with van der Waals surface area (Å²) >= 11 is 7.06. The molecule has 1 aromatic rings. The summed E-state index contributed by atoms with van der Waals surface area (Å²) < 4.78 is 0. The Hall–Kier alpha value is -0.870. The van der Waals surface area contributed by atoms with Crippen molar-refractivity contribution >= 4 is 34.6 Å². The molecule has 0 saturated carbocycles. The second-order valence-corrected chi connectivity index (χ2v) is 4.44. The van der Waals surface area contributed by atoms with Crippen LogP contribution in [0.25, 0.3) is 0 Å². The fourth-order valence-electron chi connectivity index (χ4n) is 1.10. The number of halogens is 1. The van der Waals surface area contributed by atoms with Crippen LogP contribution < -0.4 is 5.32 Å². The number of hydrogen-bond donors (Lipinski definition) is 1. The van der Waals surface area contributed by atoms with Crippen LogP contribution in [0.4, 0.5) is 0 Å². The number of thiophene rings is 1. The van der Waals surface area contributed by atoms with Crippen molar-refractivity contribution in [2.75, 3.05) is 0 Å². The van der Waals surface area contributed by atoms with Gasteiger partial charge in [0.05, 0.1) is 11.1 Å². The van der Waals surface area contributed by atoms with Crippen molar-refractivity contribution in [3.05, 3.63) is 21.3 Å². The lowest BCUT2D eigenvalue weighted by atomic mass is 10.2. The van der Waals surface area contributed by atoms with Crippen LogP contribution in [0.5, 0.6) is 0 Å². The predicted molar refractivity (Wildman–Crippen MR) is 61.6 cm³/mol. The van der Waals surface area contributed by atoms with Crippen molar-refractivity contribution in [1.29, 1.82) is 0 Å². The number of amides is 1. The minimum absolute atomic E-state index is 0.0102. The maximum atomic E-state index is 11.6. The molecule has 0 aliphatic rings. The van der Waals surface area contributed by atoms with Gasteiger partial charge in [-0.05, 0) is 18.4 Å². The van der Waals surface area contributed by atoms with E-state index in [2.05, 4.69) is 5.32 Å². The van der Waals surface area contributed by atoms with Gasteiger partial charge in [-0.2, -0.15) is 0 Å². The van der Waals surface area contributed by atoms with Gasteiger partial charge in [0.15, 0.2) is 5.78 Å². The summed E-state index contributed by atoms with van der Waals surface area (Å²) in [6, 6.07) is 1.20. The summed E-state index contributed by atoms with van der Waals surface area (Å²) in [4.78, 5) is 23.3. The highest BCUT2D eigenvalue weighted by Crippen LogP contribution is 2.21. The molecule has 0 aliphatic carbocycles. The molecule has 0 spiro atoms. The van der Waals surface area contributed by atoms with E-state index in [1.807, 2.05) is 0 Å². The topological polar surface area (TPSA) is 46.2 Å². The number of Topliss-reactive ketones (excluding diaryl/α,β-unsaturated/α-hetero) is 1. The highest BCUT2D eigenvalue weighted by Gasteiger charge is 2.17. The molecule has 15 heavy (non-hydrogen) atoms. The van der Waals surface area contributed by atoms with Crippen molar-refractivity contribution in [1.82, 2.24) is 5.32 Å². The van der Waals surface area contributed by atoms with Gasteiger partial charge in [0.1, 0.15) is 4.88 Å². The Labute approximate surface area is 97.4 Å². The standard InChI is InChI=1S/C10H12ClNO2S/c1-3-8(13)6(2)12-10(14)9-7(11)4-5-15-9/h4-6H,3H2,1-2H3,(H,12,14). The smallest absolute Gasteiger partial charge is 0.263 e. The highest BCUT2D eigenvalue weighted by molar-refractivity contribution is 7.12. The van der Waals surface area contributed by atoms with Gasteiger partial charge in [-0.3, -0.25) is 9.59 Å². The molecule has 0 radical (unpaired) electrons. The third kappa shape index (κ3) is 3.04. The summed E-state index contributed by atoms with van der Waals surface area (Å²) in [7, 11) is 0. The second kappa shape index (κ2) is 5.28. The molecule has 0 saturated heterocycles. The maximum absolute atomic E-state index is 11.6. The molecule has 0 aromatic carbocycles. The molecule has 5 heteroatoms. The Bertz CT molecular complexity index is 375. The average Bonchev–Trinajstić information content (AvgIpc) is 2.63. The fraction of sp³-hybridized carbons (Fsp3) is 0.400. The number of ketones is 1. The quantitative estimate of drug-likeness (QED) is 0.886. The van der Waals surface area contributed by atoms with Gasteiger partial charge in [-0.1, -0.05) is 18.5 Å². The minimum atomic E-state index is -0.458. The van der Waals surface area contributed by atoms with Gasteiger partial charge in [0.25, 0.3) is 5.91 Å². The van der Waals surface area contributed by atoms with E-state index >= 15 is 0 Å². The number of carbonyl (C=O) groups is 2. The molecule has 1 heterocycles. The van der Waals surface area contributed by atoms with Crippen LogP contribution in [0.2, 0.25) is 5.02 Å². The first kappa shape index (κ1) is 12.2. The van der Waals surface area contributed by atoms with E-state index in [1.54, 1.807) is 25.3 Å². The van der Waals surface area contributed by atoms with Crippen LogP contribution in [0, 0.1) is 0 Å². The Kier molecular flexibility index (Phi) is 4.29. The van der Waals surface area contributed by atoms with Gasteiger partial charge >= 0.3 is 0 Å². The normalized spacial score (nSPS) is 12.2. The monoisotopic (exact) mass is 245 g/mol. The van der Waals surface area contributed by atoms with E-state index < -0.39 is 6.04 Å². The molecule has 1 amide bonds. The zero-order chi connectivity index (χ0) is 11.4. The van der Waals surface area contributed by atoms with E-state index in [1.165, 1.54) is 11.3 Å². The molecular weight excluding hydrogens is 234 g/mol. The van der Waals surface area contributed by atoms with E-state index in [9.17, 15) is 9.59 Å². The van der Waals surface area contributed by atoms with Crippen LogP contribution >= 0.6 is 22.9 Å². The summed E-state index contributed by atoms with van der Waals surface area (Å²) in [6.45, 7) is 3.44. The number of carbonyl (C=O) groups excluding carboxylic acids is 2. The average molecular weight is 246 g/mol. The lowest BCUT2D eigenvalue weighted by Crippen LogP contribution is -2.37. The maximum Gasteiger partial charge on any atom is 0.263 e. The predicted octanol–water partition coefficient (Wildman–Crippen LogP) is 2.50. The van der Waals surface area contributed by atoms with Crippen molar-refractivity contribution in [2.45, 2.75) is 26.3 Å². The molecule has 0 fully saturated rings. The summed E-state index contributed by atoms with van der Waals surface area (Å²) in [5, 5.41) is 4.78. The lowest BCUT2D eigenvalue weighted by Gasteiger charge is -2.10. The molecule has 0 bridgehead atoms. The molecule has 1 unspecified atom stereocenters. The number of hydrogen-bond acceptors (Lipinski definition) is 3. The Morgan fingerprint density at radius 2 is 2.27 bits per heavy atom. The van der Waals surface area contributed by atoms with Crippen LogP contribution in [-0.2, 0) is 4.79 Å². The minimum Gasteiger partial charge on any atom is -0.342 e. The molecule has 1 rings (SSSR count). The lowest BCUT2D eigenvalue weighted by molar-refractivity contribution is -0.120. The zero-order valence-corrected chi connectivity index (χ0v) is 10.1. The molecule has 1 atom stereocenters. The summed E-state index contributed by atoms with van der Waals surface area (Å²) in [6.07, 6.45) is 0.416. The first-order valence-corrected chi connectivity index (χ1v) is 5.88. The summed E-state index contributed by atoms with van der Waals surface area (Å²) in [5.41, 5.74) is 0. The largest absolute Gasteiger partial charge is 0.342 e. The van der Waals surface area contributed by atoms with Crippen molar-refractivity contribution in [3.63, 3.8) is 0 Å². The van der Waals surface area contributed by atoms with Gasteiger partial charge in [0.2, 0.25) is 0 Å². The van der Waals surface area contributed by atoms with E-state index in [0.717, 1.165) is 0 Å². The van der Waals surface area contributed by atoms with Gasteiger partial charge in [-0.15, -0.1) is 11.3 Å². The van der Waals surface area contributed by atoms with Crippen molar-refractivity contribution < 1.29 is 9.59 Å². The Balaban J connectivity index is 2.64. The van der Waals surface area contributed by atoms with Crippen LogP contribution in [0.1, 0.15) is 29.9 Å². The molecule has 1 N–H and O–H groups in total. The van der Waals surface area contributed by atoms with Crippen molar-refractivity contribution in [3.8, 4) is 0 Å². The Morgan fingerprint density at radius 3 is 2.73 bits per heavy atom. The second-order valence-electron chi connectivity index (χ2n) is 3.11. The SMILES string of the molecule is CCC(=O)C(C)NC(=O)c1sccc1Cl. The van der Waals surface area contributed by atoms with Crippen molar-refractivity contribution in [2.24, 2.45) is 0 Å². The highest BCUT2D eigenvalue weighted by atomic mass is 35.5. The molecule has 82 valence electrons. The Morgan fingerprint density at radius 1 is 1.60 bits per heavy atom. The molecular formula is C10H12ClNO2S. The van der Waals surface area contributed by atoms with E-state index in [4.69, 9.17) is 11.6 Å². The third-order valence-electron chi connectivity index (χ3n) is 2.00. The van der Waals surface area contributed by atoms with Crippen LogP contribution in [-0.4, -0.2) is 17.7 Å². The zero-order valence-electron chi connectivity index (χ0n) is 8.54. The van der Waals surface area contributed by atoms with Crippen LogP contribution in [0.15, 0.2) is 11.4 Å². The van der Waals surface area contributed by atoms with Gasteiger partial charge in [0, 0.05) is 6.42 Å².